The molecule has 4 aromatic carbocycles. The van der Waals surface area contributed by atoms with Crippen molar-refractivity contribution in [3.8, 4) is 23.0 Å². The zero-order valence-electron chi connectivity index (χ0n) is 24.0. The summed E-state index contributed by atoms with van der Waals surface area (Å²) in [5.41, 5.74) is 2.24. The van der Waals surface area contributed by atoms with Crippen LogP contribution < -0.4 is 29.2 Å². The number of imide groups is 2. The Balaban J connectivity index is 1.36. The predicted molar refractivity (Wildman–Crippen MR) is 166 cm³/mol. The second kappa shape index (κ2) is 13.8. The number of rotatable bonds is 11. The lowest BCUT2D eigenvalue weighted by Crippen LogP contribution is -2.54. The van der Waals surface area contributed by atoms with Gasteiger partial charge in [-0.25, -0.2) is 9.69 Å². The van der Waals surface area contributed by atoms with Crippen molar-refractivity contribution in [2.75, 3.05) is 18.6 Å². The summed E-state index contributed by atoms with van der Waals surface area (Å²) in [7, 11) is 1.51. The third-order valence-electron chi connectivity index (χ3n) is 6.64. The van der Waals surface area contributed by atoms with E-state index >= 15 is 0 Å². The van der Waals surface area contributed by atoms with Gasteiger partial charge in [-0.2, -0.15) is 0 Å². The first kappa shape index (κ1) is 30.2. The molecular formula is C34H29ClN2O7. The van der Waals surface area contributed by atoms with Crippen LogP contribution in [0.1, 0.15) is 23.6 Å². The van der Waals surface area contributed by atoms with Crippen LogP contribution in [0.25, 0.3) is 6.08 Å². The van der Waals surface area contributed by atoms with Gasteiger partial charge in [0, 0.05) is 10.6 Å². The van der Waals surface area contributed by atoms with E-state index in [4.69, 9.17) is 30.5 Å². The Bertz CT molecular complexity index is 1700. The number of hydrogen-bond acceptors (Lipinski definition) is 7. The van der Waals surface area contributed by atoms with Gasteiger partial charge < -0.3 is 18.9 Å². The maximum atomic E-state index is 13.4. The second-order valence-electron chi connectivity index (χ2n) is 9.62. The predicted octanol–water partition coefficient (Wildman–Crippen LogP) is 6.57. The molecule has 0 aliphatic carbocycles. The number of urea groups is 1. The third kappa shape index (κ3) is 7.02. The van der Waals surface area contributed by atoms with Crippen LogP contribution in [-0.4, -0.2) is 31.6 Å². The fourth-order valence-corrected chi connectivity index (χ4v) is 4.65. The van der Waals surface area contributed by atoms with E-state index in [9.17, 15) is 14.4 Å². The van der Waals surface area contributed by atoms with Gasteiger partial charge in [-0.05, 0) is 78.7 Å². The molecule has 0 spiro atoms. The zero-order valence-corrected chi connectivity index (χ0v) is 24.8. The van der Waals surface area contributed by atoms with Crippen molar-refractivity contribution in [3.05, 3.63) is 118 Å². The lowest BCUT2D eigenvalue weighted by atomic mass is 10.1. The first-order valence-corrected chi connectivity index (χ1v) is 14.1. The highest BCUT2D eigenvalue weighted by Gasteiger charge is 2.37. The van der Waals surface area contributed by atoms with Crippen LogP contribution in [0.5, 0.6) is 23.0 Å². The van der Waals surface area contributed by atoms with E-state index in [-0.39, 0.29) is 17.9 Å². The summed E-state index contributed by atoms with van der Waals surface area (Å²) in [6.07, 6.45) is 1.36. The molecule has 0 bridgehead atoms. The molecule has 0 unspecified atom stereocenters. The van der Waals surface area contributed by atoms with Crippen LogP contribution in [0.15, 0.2) is 96.6 Å². The number of benzene rings is 4. The molecular weight excluding hydrogens is 584 g/mol. The standard InChI is InChI=1S/C34H29ClN2O7/c1-3-42-31-17-23(9-15-30(31)44-20-22-7-5-4-6-8-22)21-43-29-16-10-25(35)18-24(29)19-28-32(38)36-34(40)37(33(28)39)26-11-13-27(41-2)14-12-26/h4-19H,3,20-21H2,1-2H3,(H,36,38,40)/b28-19+. The van der Waals surface area contributed by atoms with Gasteiger partial charge in [0.2, 0.25) is 0 Å². The van der Waals surface area contributed by atoms with Crippen molar-refractivity contribution < 1.29 is 33.3 Å². The van der Waals surface area contributed by atoms with Gasteiger partial charge >= 0.3 is 6.03 Å². The van der Waals surface area contributed by atoms with Gasteiger partial charge in [-0.1, -0.05) is 48.0 Å². The number of carbonyl (C=O) groups excluding carboxylic acids is 3. The summed E-state index contributed by atoms with van der Waals surface area (Å²) in [4.78, 5) is 39.7. The van der Waals surface area contributed by atoms with E-state index in [1.165, 1.54) is 13.2 Å². The molecule has 4 aromatic rings. The molecule has 5 rings (SSSR count). The van der Waals surface area contributed by atoms with Crippen LogP contribution in [0.3, 0.4) is 0 Å². The minimum absolute atomic E-state index is 0.146. The van der Waals surface area contributed by atoms with Crippen molar-refractivity contribution >= 4 is 41.2 Å². The van der Waals surface area contributed by atoms with Crippen molar-refractivity contribution in [3.63, 3.8) is 0 Å². The molecule has 4 amide bonds. The lowest BCUT2D eigenvalue weighted by molar-refractivity contribution is -0.122. The first-order valence-electron chi connectivity index (χ1n) is 13.8. The molecule has 1 aliphatic heterocycles. The molecule has 0 radical (unpaired) electrons. The number of anilines is 1. The van der Waals surface area contributed by atoms with Gasteiger partial charge in [0.15, 0.2) is 11.5 Å². The summed E-state index contributed by atoms with van der Waals surface area (Å²) in [5.74, 6) is 0.488. The van der Waals surface area contributed by atoms with Gasteiger partial charge in [0.1, 0.15) is 30.3 Å². The largest absolute Gasteiger partial charge is 0.497 e. The van der Waals surface area contributed by atoms with Crippen molar-refractivity contribution in [1.82, 2.24) is 5.32 Å². The van der Waals surface area contributed by atoms with E-state index in [0.29, 0.717) is 46.8 Å². The monoisotopic (exact) mass is 612 g/mol. The van der Waals surface area contributed by atoms with Gasteiger partial charge in [-0.15, -0.1) is 0 Å². The number of carbonyl (C=O) groups is 3. The van der Waals surface area contributed by atoms with E-state index in [2.05, 4.69) is 5.32 Å². The molecule has 1 heterocycles. The minimum atomic E-state index is -0.855. The number of methoxy groups -OCH3 is 1. The highest BCUT2D eigenvalue weighted by molar-refractivity contribution is 6.39. The molecule has 1 N–H and O–H groups in total. The van der Waals surface area contributed by atoms with Crippen LogP contribution in [0.2, 0.25) is 5.02 Å². The Morgan fingerprint density at radius 1 is 0.773 bits per heavy atom. The molecule has 1 aliphatic rings. The normalized spacial score (nSPS) is 13.9. The number of halogens is 1. The quantitative estimate of drug-likeness (QED) is 0.151. The van der Waals surface area contributed by atoms with Crippen molar-refractivity contribution in [2.24, 2.45) is 0 Å². The minimum Gasteiger partial charge on any atom is -0.497 e. The van der Waals surface area contributed by atoms with Gasteiger partial charge in [0.05, 0.1) is 19.4 Å². The van der Waals surface area contributed by atoms with Crippen LogP contribution in [0.4, 0.5) is 10.5 Å². The zero-order chi connectivity index (χ0) is 31.1. The Hall–Kier alpha value is -5.28. The van der Waals surface area contributed by atoms with E-state index in [1.807, 2.05) is 55.5 Å². The molecule has 0 atom stereocenters. The molecule has 44 heavy (non-hydrogen) atoms. The number of ether oxygens (including phenoxy) is 4. The molecule has 224 valence electrons. The van der Waals surface area contributed by atoms with Crippen LogP contribution in [-0.2, 0) is 22.8 Å². The topological polar surface area (TPSA) is 103 Å². The van der Waals surface area contributed by atoms with E-state index in [0.717, 1.165) is 16.0 Å². The summed E-state index contributed by atoms with van der Waals surface area (Å²) >= 11 is 6.27. The average Bonchev–Trinajstić information content (AvgIpc) is 3.03. The molecule has 1 saturated heterocycles. The Labute approximate surface area is 259 Å². The average molecular weight is 613 g/mol. The van der Waals surface area contributed by atoms with E-state index in [1.54, 1.807) is 42.5 Å². The summed E-state index contributed by atoms with van der Waals surface area (Å²) < 4.78 is 23.1. The van der Waals surface area contributed by atoms with Crippen molar-refractivity contribution in [2.45, 2.75) is 20.1 Å². The first-order chi connectivity index (χ1) is 21.4. The second-order valence-corrected chi connectivity index (χ2v) is 10.1. The van der Waals surface area contributed by atoms with Gasteiger partial charge in [-0.3, -0.25) is 14.9 Å². The van der Waals surface area contributed by atoms with E-state index < -0.39 is 17.8 Å². The highest BCUT2D eigenvalue weighted by Crippen LogP contribution is 2.32. The Kier molecular flexibility index (Phi) is 9.46. The number of hydrogen-bond donors (Lipinski definition) is 1. The smallest absolute Gasteiger partial charge is 0.335 e. The molecule has 0 saturated carbocycles. The summed E-state index contributed by atoms with van der Waals surface area (Å²) in [6, 6.07) is 25.7. The molecule has 1 fully saturated rings. The number of nitrogens with one attached hydrogen (secondary N) is 1. The third-order valence-corrected chi connectivity index (χ3v) is 6.88. The van der Waals surface area contributed by atoms with Crippen LogP contribution in [0, 0.1) is 0 Å². The fourth-order valence-electron chi connectivity index (χ4n) is 4.47. The SMILES string of the molecule is CCOc1cc(COc2ccc(Cl)cc2/C=C2\C(=O)NC(=O)N(c3ccc(OC)cc3)C2=O)ccc1OCc1ccccc1. The maximum absolute atomic E-state index is 13.4. The lowest BCUT2D eigenvalue weighted by Gasteiger charge is -2.26. The van der Waals surface area contributed by atoms with Crippen molar-refractivity contribution in [1.29, 1.82) is 0 Å². The fraction of sp³-hybridized carbons (Fsp3) is 0.147. The molecule has 10 heteroatoms. The molecule has 9 nitrogen and oxygen atoms in total. The maximum Gasteiger partial charge on any atom is 0.335 e. The van der Waals surface area contributed by atoms with Crippen LogP contribution >= 0.6 is 11.6 Å². The molecule has 0 aromatic heterocycles. The number of nitrogens with zero attached hydrogens (tertiary/aromatic N) is 1. The number of barbiturate groups is 1. The summed E-state index contributed by atoms with van der Waals surface area (Å²) in [6.45, 7) is 2.89. The van der Waals surface area contributed by atoms with Gasteiger partial charge in [0.25, 0.3) is 11.8 Å². The Morgan fingerprint density at radius 3 is 2.20 bits per heavy atom. The highest BCUT2D eigenvalue weighted by atomic mass is 35.5. The Morgan fingerprint density at radius 2 is 1.48 bits per heavy atom. The summed E-state index contributed by atoms with van der Waals surface area (Å²) in [5, 5.41) is 2.59. The number of amides is 4.